The maximum atomic E-state index is 13.1. The van der Waals surface area contributed by atoms with Gasteiger partial charge in [0.15, 0.2) is 11.6 Å². The molecule has 0 saturated heterocycles. The maximum Gasteiger partial charge on any atom is 0.183 e. The summed E-state index contributed by atoms with van der Waals surface area (Å²) in [4.78, 5) is 25.5. The van der Waals surface area contributed by atoms with Crippen LogP contribution in [0, 0.1) is 5.41 Å². The van der Waals surface area contributed by atoms with E-state index < -0.39 is 5.41 Å². The van der Waals surface area contributed by atoms with Crippen LogP contribution >= 0.6 is 0 Å². The lowest BCUT2D eigenvalue weighted by Crippen LogP contribution is -2.41. The van der Waals surface area contributed by atoms with E-state index in [1.807, 2.05) is 13.0 Å². The van der Waals surface area contributed by atoms with E-state index in [0.717, 1.165) is 12.8 Å². The first-order valence-corrected chi connectivity index (χ1v) is 9.26. The summed E-state index contributed by atoms with van der Waals surface area (Å²) < 4.78 is 5.71. The first kappa shape index (κ1) is 20.2. The van der Waals surface area contributed by atoms with E-state index in [9.17, 15) is 14.7 Å². The molecule has 0 amide bonds. The van der Waals surface area contributed by atoms with Crippen molar-refractivity contribution in [1.29, 1.82) is 0 Å². The average Bonchev–Trinajstić information content (AvgIpc) is 2.55. The van der Waals surface area contributed by atoms with Gasteiger partial charge in [-0.3, -0.25) is 9.59 Å². The molecule has 2 aliphatic rings. The zero-order valence-corrected chi connectivity index (χ0v) is 16.7. The largest absolute Gasteiger partial charge is 0.511 e. The topological polar surface area (TPSA) is 63.6 Å². The highest BCUT2D eigenvalue weighted by molar-refractivity contribution is 6.24. The number of aliphatic hydroxyl groups is 1. The Morgan fingerprint density at radius 3 is 2.54 bits per heavy atom. The molecule has 0 aromatic carbocycles. The van der Waals surface area contributed by atoms with Crippen molar-refractivity contribution in [1.82, 2.24) is 0 Å². The van der Waals surface area contributed by atoms with E-state index in [4.69, 9.17) is 4.74 Å². The summed E-state index contributed by atoms with van der Waals surface area (Å²) in [7, 11) is 0. The van der Waals surface area contributed by atoms with E-state index in [1.54, 1.807) is 20.8 Å². The first-order chi connectivity index (χ1) is 12.1. The third-order valence-corrected chi connectivity index (χ3v) is 5.19. The lowest BCUT2D eigenvalue weighted by Gasteiger charge is -2.37. The van der Waals surface area contributed by atoms with E-state index in [0.29, 0.717) is 12.0 Å². The van der Waals surface area contributed by atoms with Gasteiger partial charge in [-0.1, -0.05) is 23.3 Å². The van der Waals surface area contributed by atoms with Crippen LogP contribution in [0.15, 0.2) is 46.0 Å². The highest BCUT2D eigenvalue weighted by atomic mass is 16.5. The fourth-order valence-corrected chi connectivity index (χ4v) is 3.46. The van der Waals surface area contributed by atoms with Gasteiger partial charge in [-0.2, -0.15) is 0 Å². The van der Waals surface area contributed by atoms with Gasteiger partial charge in [-0.05, 0) is 60.8 Å². The average molecular weight is 358 g/mol. The van der Waals surface area contributed by atoms with Crippen molar-refractivity contribution in [3.05, 3.63) is 46.0 Å². The fourth-order valence-electron chi connectivity index (χ4n) is 3.46. The Kier molecular flexibility index (Phi) is 5.94. The van der Waals surface area contributed by atoms with Crippen molar-refractivity contribution in [2.45, 2.75) is 73.3 Å². The van der Waals surface area contributed by atoms with Crippen LogP contribution < -0.4 is 0 Å². The van der Waals surface area contributed by atoms with Gasteiger partial charge in [-0.15, -0.1) is 0 Å². The maximum absolute atomic E-state index is 13.1. The molecule has 0 radical (unpaired) electrons. The zero-order chi connectivity index (χ0) is 19.6. The van der Waals surface area contributed by atoms with Crippen LogP contribution in [-0.4, -0.2) is 22.8 Å². The Morgan fingerprint density at radius 2 is 1.92 bits per heavy atom. The normalized spacial score (nSPS) is 26.7. The third kappa shape index (κ3) is 3.84. The molecule has 0 aromatic rings. The van der Waals surface area contributed by atoms with Gasteiger partial charge in [0.05, 0.1) is 5.41 Å². The minimum Gasteiger partial charge on any atom is -0.511 e. The summed E-state index contributed by atoms with van der Waals surface area (Å²) in [5.41, 5.74) is 1.96. The quantitative estimate of drug-likeness (QED) is 0.547. The molecule has 1 aliphatic heterocycles. The molecular weight excluding hydrogens is 328 g/mol. The van der Waals surface area contributed by atoms with Crippen molar-refractivity contribution < 1.29 is 19.4 Å². The third-order valence-electron chi connectivity index (χ3n) is 5.19. The molecule has 142 valence electrons. The molecule has 0 saturated carbocycles. The number of ether oxygens (including phenoxy) is 1. The van der Waals surface area contributed by atoms with E-state index in [2.05, 4.69) is 19.9 Å². The van der Waals surface area contributed by atoms with Gasteiger partial charge >= 0.3 is 0 Å². The minimum absolute atomic E-state index is 0.0106. The van der Waals surface area contributed by atoms with Gasteiger partial charge in [0.25, 0.3) is 0 Å². The standard InChI is InChI=1S/C22H30O4/c1-13(2)8-7-9-14(3)10-11-22(6)20(24)16(5)19-18(21(22)25)17(23)12-15(4)26-19/h8,10,15,24H,7,9,11-12H2,1-6H3. The predicted octanol–water partition coefficient (Wildman–Crippen LogP) is 5.12. The zero-order valence-electron chi connectivity index (χ0n) is 16.7. The number of hydrogen-bond acceptors (Lipinski definition) is 4. The van der Waals surface area contributed by atoms with Crippen molar-refractivity contribution >= 4 is 11.6 Å². The summed E-state index contributed by atoms with van der Waals surface area (Å²) >= 11 is 0. The van der Waals surface area contributed by atoms with Gasteiger partial charge in [0.2, 0.25) is 0 Å². The lowest BCUT2D eigenvalue weighted by molar-refractivity contribution is -0.130. The Hall–Kier alpha value is -2.10. The van der Waals surface area contributed by atoms with Gasteiger partial charge in [0.1, 0.15) is 23.2 Å². The molecular formula is C22H30O4. The SMILES string of the molecule is CC(C)=CCCC(C)=CCC1(C)C(=O)C2=C(OC(C)CC2=O)C(C)=C1O. The van der Waals surface area contributed by atoms with Gasteiger partial charge in [0, 0.05) is 12.0 Å². The number of allylic oxidation sites excluding steroid dienone is 7. The molecule has 4 nitrogen and oxygen atoms in total. The Morgan fingerprint density at radius 1 is 1.27 bits per heavy atom. The summed E-state index contributed by atoms with van der Waals surface area (Å²) in [6.07, 6.45) is 6.34. The second-order valence-corrected chi connectivity index (χ2v) is 7.97. The Balaban J connectivity index is 2.28. The molecule has 2 atom stereocenters. The Labute approximate surface area is 156 Å². The monoisotopic (exact) mass is 358 g/mol. The van der Waals surface area contributed by atoms with Crippen molar-refractivity contribution in [2.24, 2.45) is 5.41 Å². The van der Waals surface area contributed by atoms with Gasteiger partial charge < -0.3 is 9.84 Å². The Bertz CT molecular complexity index is 744. The van der Waals surface area contributed by atoms with Crippen LogP contribution in [0.1, 0.15) is 67.2 Å². The van der Waals surface area contributed by atoms with E-state index >= 15 is 0 Å². The molecule has 2 rings (SSSR count). The van der Waals surface area contributed by atoms with Crippen LogP contribution in [0.5, 0.6) is 0 Å². The first-order valence-electron chi connectivity index (χ1n) is 9.26. The fraction of sp³-hybridized carbons (Fsp3) is 0.545. The molecule has 0 bridgehead atoms. The molecule has 1 aliphatic carbocycles. The molecule has 1 heterocycles. The molecule has 4 heteroatoms. The van der Waals surface area contributed by atoms with Crippen molar-refractivity contribution in [3.8, 4) is 0 Å². The van der Waals surface area contributed by atoms with Crippen LogP contribution in [0.2, 0.25) is 0 Å². The summed E-state index contributed by atoms with van der Waals surface area (Å²) in [5, 5.41) is 10.7. The predicted molar refractivity (Wildman–Crippen MR) is 103 cm³/mol. The van der Waals surface area contributed by atoms with Crippen LogP contribution in [-0.2, 0) is 14.3 Å². The second kappa shape index (κ2) is 7.65. The van der Waals surface area contributed by atoms with E-state index in [1.165, 1.54) is 11.1 Å². The number of carbonyl (C=O) groups is 2. The molecule has 2 unspecified atom stereocenters. The number of carbonyl (C=O) groups excluding carboxylic acids is 2. The molecule has 26 heavy (non-hydrogen) atoms. The highest BCUT2D eigenvalue weighted by Crippen LogP contribution is 2.45. The number of hydrogen-bond donors (Lipinski definition) is 1. The molecule has 0 spiro atoms. The van der Waals surface area contributed by atoms with Crippen LogP contribution in [0.3, 0.4) is 0 Å². The summed E-state index contributed by atoms with van der Waals surface area (Å²) in [6, 6.07) is 0. The smallest absolute Gasteiger partial charge is 0.183 e. The molecule has 1 N–H and O–H groups in total. The number of ketones is 2. The lowest BCUT2D eigenvalue weighted by atomic mass is 9.70. The van der Waals surface area contributed by atoms with Crippen LogP contribution in [0.4, 0.5) is 0 Å². The number of aliphatic hydroxyl groups excluding tert-OH is 1. The summed E-state index contributed by atoms with van der Waals surface area (Å²) in [6.45, 7) is 11.4. The van der Waals surface area contributed by atoms with Crippen LogP contribution in [0.25, 0.3) is 0 Å². The molecule has 0 fully saturated rings. The number of Topliss-reactive ketones (excluding diaryl/α,β-unsaturated/α-hetero) is 2. The van der Waals surface area contributed by atoms with Crippen molar-refractivity contribution in [3.63, 3.8) is 0 Å². The summed E-state index contributed by atoms with van der Waals surface area (Å²) in [5.74, 6) is -0.249. The highest BCUT2D eigenvalue weighted by Gasteiger charge is 2.48. The van der Waals surface area contributed by atoms with Gasteiger partial charge in [-0.25, -0.2) is 0 Å². The van der Waals surface area contributed by atoms with Crippen molar-refractivity contribution in [2.75, 3.05) is 0 Å². The van der Waals surface area contributed by atoms with E-state index in [-0.39, 0.29) is 41.2 Å². The molecule has 0 aromatic heterocycles. The number of rotatable bonds is 5. The second-order valence-electron chi connectivity index (χ2n) is 7.97. The minimum atomic E-state index is -1.11.